The van der Waals surface area contributed by atoms with Crippen LogP contribution >= 0.6 is 0 Å². The van der Waals surface area contributed by atoms with Gasteiger partial charge in [-0.05, 0) is 95.0 Å². The Morgan fingerprint density at radius 1 is 1.18 bits per heavy atom. The Bertz CT molecular complexity index is 951. The number of hydrogen-bond acceptors (Lipinski definition) is 8. The van der Waals surface area contributed by atoms with Gasteiger partial charge in [-0.2, -0.15) is 0 Å². The first-order valence-electron chi connectivity index (χ1n) is 13.5. The first-order valence-corrected chi connectivity index (χ1v) is 13.5. The summed E-state index contributed by atoms with van der Waals surface area (Å²) >= 11 is 0. The SMILES string of the molecule is CC(O)Cc1ccc(O)c(O)c1.CN1CCCC1C(=O)OC1CC2CCC1(C)C2(C)C.C[C@@H](C=O)NC=O. The van der Waals surface area contributed by atoms with Crippen molar-refractivity contribution < 1.29 is 34.4 Å². The fourth-order valence-electron chi connectivity index (χ4n) is 5.92. The summed E-state index contributed by atoms with van der Waals surface area (Å²) in [5.74, 6) is 0.476. The van der Waals surface area contributed by atoms with Crippen LogP contribution in [0.1, 0.15) is 72.3 Å². The highest BCUT2D eigenvalue weighted by Gasteiger charge is 2.63. The Morgan fingerprint density at radius 3 is 2.29 bits per heavy atom. The number of nitrogens with one attached hydrogen (secondary N) is 1. The van der Waals surface area contributed by atoms with E-state index in [0.717, 1.165) is 37.3 Å². The molecule has 3 aliphatic rings. The number of esters is 1. The third-order valence-corrected chi connectivity index (χ3v) is 8.87. The minimum atomic E-state index is -0.436. The van der Waals surface area contributed by atoms with Gasteiger partial charge in [0, 0.05) is 5.41 Å². The number of aldehydes is 1. The number of ether oxygens (including phenoxy) is 1. The lowest BCUT2D eigenvalue weighted by Crippen LogP contribution is -2.42. The fourth-order valence-corrected chi connectivity index (χ4v) is 5.92. The van der Waals surface area contributed by atoms with Crippen molar-refractivity contribution in [1.29, 1.82) is 0 Å². The van der Waals surface area contributed by atoms with Crippen molar-refractivity contribution >= 4 is 18.7 Å². The lowest BCUT2D eigenvalue weighted by molar-refractivity contribution is -0.161. The monoisotopic (exact) mass is 534 g/mol. The Hall–Kier alpha value is -2.65. The molecule has 2 aliphatic carbocycles. The molecule has 1 aromatic rings. The van der Waals surface area contributed by atoms with Crippen molar-refractivity contribution in [2.75, 3.05) is 13.6 Å². The van der Waals surface area contributed by atoms with E-state index >= 15 is 0 Å². The third-order valence-electron chi connectivity index (χ3n) is 8.87. The highest BCUT2D eigenvalue weighted by Crippen LogP contribution is 2.66. The number of aromatic hydroxyl groups is 2. The van der Waals surface area contributed by atoms with Crippen molar-refractivity contribution in [3.63, 3.8) is 0 Å². The molecule has 1 amide bonds. The van der Waals surface area contributed by atoms with Crippen molar-refractivity contribution in [3.05, 3.63) is 23.8 Å². The van der Waals surface area contributed by atoms with Gasteiger partial charge < -0.3 is 30.2 Å². The lowest BCUT2D eigenvalue weighted by atomic mass is 9.70. The molecule has 2 bridgehead atoms. The number of likely N-dealkylation sites (tertiary alicyclic amines) is 1. The molecule has 9 heteroatoms. The largest absolute Gasteiger partial charge is 0.504 e. The van der Waals surface area contributed by atoms with Crippen LogP contribution < -0.4 is 5.32 Å². The van der Waals surface area contributed by atoms with E-state index in [9.17, 15) is 14.4 Å². The van der Waals surface area contributed by atoms with E-state index in [2.05, 4.69) is 31.0 Å². The number of amides is 1. The standard InChI is InChI=1S/C16H27NO2.C9H12O3.C4H7NO2/c1-15(2)11-7-8-16(15,3)13(10-11)19-14(18)12-6-5-9-17(12)4;1-6(10)4-7-2-3-8(11)9(12)5-7;1-4(2-6)5-3-7/h11-13H,5-10H2,1-4H3;2-3,5-6,10-12H,4H2,1H3;2-4H,1H3,(H,5,7)/t;;4-/m..0/s1. The molecule has 1 aliphatic heterocycles. The average molecular weight is 535 g/mol. The predicted molar refractivity (Wildman–Crippen MR) is 145 cm³/mol. The first-order chi connectivity index (χ1) is 17.8. The molecule has 2 saturated carbocycles. The number of rotatable bonds is 7. The van der Waals surface area contributed by atoms with Gasteiger partial charge in [0.1, 0.15) is 18.4 Å². The van der Waals surface area contributed by atoms with E-state index in [1.165, 1.54) is 25.0 Å². The number of hydrogen-bond donors (Lipinski definition) is 4. The first kappa shape index (κ1) is 31.6. The van der Waals surface area contributed by atoms with Crippen molar-refractivity contribution in [1.82, 2.24) is 10.2 Å². The number of aliphatic hydroxyl groups is 1. The van der Waals surface area contributed by atoms with Crippen LogP contribution in [-0.2, 0) is 25.5 Å². The summed E-state index contributed by atoms with van der Waals surface area (Å²) in [5.41, 5.74) is 1.31. The molecular weight excluding hydrogens is 488 g/mol. The molecule has 6 atom stereocenters. The normalized spacial score (nSPS) is 28.7. The van der Waals surface area contributed by atoms with Gasteiger partial charge in [0.2, 0.25) is 6.41 Å². The van der Waals surface area contributed by atoms with Gasteiger partial charge in [-0.15, -0.1) is 0 Å². The number of benzene rings is 1. The summed E-state index contributed by atoms with van der Waals surface area (Å²) in [4.78, 5) is 33.7. The summed E-state index contributed by atoms with van der Waals surface area (Å²) < 4.78 is 5.96. The molecule has 0 spiro atoms. The molecule has 9 nitrogen and oxygen atoms in total. The van der Waals surface area contributed by atoms with Gasteiger partial charge in [-0.3, -0.25) is 14.5 Å². The van der Waals surface area contributed by atoms with Crippen LogP contribution in [0, 0.1) is 16.7 Å². The van der Waals surface area contributed by atoms with E-state index < -0.39 is 6.10 Å². The van der Waals surface area contributed by atoms with E-state index in [-0.39, 0.29) is 41.1 Å². The van der Waals surface area contributed by atoms with E-state index in [4.69, 9.17) is 20.1 Å². The topological polar surface area (TPSA) is 136 Å². The Morgan fingerprint density at radius 2 is 1.87 bits per heavy atom. The molecule has 1 heterocycles. The van der Waals surface area contributed by atoms with Gasteiger partial charge in [-0.1, -0.05) is 26.8 Å². The number of aliphatic hydroxyl groups excluding tert-OH is 1. The zero-order chi connectivity index (χ0) is 28.7. The number of likely N-dealkylation sites (N-methyl/N-ethyl adjacent to an activating group) is 1. The van der Waals surface area contributed by atoms with Crippen molar-refractivity contribution in [3.8, 4) is 11.5 Å². The van der Waals surface area contributed by atoms with Gasteiger partial charge >= 0.3 is 5.97 Å². The van der Waals surface area contributed by atoms with Crippen LogP contribution in [0.5, 0.6) is 11.5 Å². The van der Waals surface area contributed by atoms with Crippen LogP contribution in [0.3, 0.4) is 0 Å². The smallest absolute Gasteiger partial charge is 0.323 e. The Labute approximate surface area is 226 Å². The van der Waals surface area contributed by atoms with Gasteiger partial charge in [0.05, 0.1) is 12.1 Å². The number of phenolic OH excluding ortho intramolecular Hbond substituents is 2. The summed E-state index contributed by atoms with van der Waals surface area (Å²) in [6, 6.07) is 4.18. The van der Waals surface area contributed by atoms with Crippen LogP contribution in [-0.4, -0.2) is 76.8 Å². The summed E-state index contributed by atoms with van der Waals surface area (Å²) in [5, 5.41) is 29.3. The molecule has 5 unspecified atom stereocenters. The van der Waals surface area contributed by atoms with Crippen molar-refractivity contribution in [2.45, 2.75) is 97.4 Å². The maximum atomic E-state index is 12.4. The highest BCUT2D eigenvalue weighted by atomic mass is 16.5. The van der Waals surface area contributed by atoms with E-state index in [0.29, 0.717) is 24.5 Å². The predicted octanol–water partition coefficient (Wildman–Crippen LogP) is 3.18. The van der Waals surface area contributed by atoms with Crippen LogP contribution in [0.25, 0.3) is 0 Å². The quantitative estimate of drug-likeness (QED) is 0.238. The number of phenols is 2. The Balaban J connectivity index is 0.000000229. The summed E-state index contributed by atoms with van der Waals surface area (Å²) in [6.07, 6.45) is 7.02. The number of fused-ring (bicyclic) bond motifs is 2. The summed E-state index contributed by atoms with van der Waals surface area (Å²) in [6.45, 7) is 11.3. The third kappa shape index (κ3) is 7.47. The second-order valence-corrected chi connectivity index (χ2v) is 11.8. The maximum Gasteiger partial charge on any atom is 0.323 e. The second kappa shape index (κ2) is 13.4. The zero-order valence-corrected chi connectivity index (χ0v) is 23.6. The minimum absolute atomic E-state index is 0.00541. The molecule has 38 heavy (non-hydrogen) atoms. The highest BCUT2D eigenvalue weighted by molar-refractivity contribution is 5.76. The van der Waals surface area contributed by atoms with Crippen LogP contribution in [0.2, 0.25) is 0 Å². The molecule has 3 fully saturated rings. The van der Waals surface area contributed by atoms with Crippen LogP contribution in [0.15, 0.2) is 18.2 Å². The average Bonchev–Trinajstić information content (AvgIpc) is 3.43. The number of carbonyl (C=O) groups is 3. The van der Waals surface area contributed by atoms with Gasteiger partial charge in [-0.25, -0.2) is 0 Å². The maximum absolute atomic E-state index is 12.4. The molecule has 0 radical (unpaired) electrons. The summed E-state index contributed by atoms with van der Waals surface area (Å²) in [7, 11) is 2.03. The molecule has 4 N–H and O–H groups in total. The van der Waals surface area contributed by atoms with E-state index in [1.54, 1.807) is 19.9 Å². The number of nitrogens with zero attached hydrogens (tertiary/aromatic N) is 1. The Kier molecular flexibility index (Phi) is 11.2. The van der Waals surface area contributed by atoms with E-state index in [1.807, 2.05) is 7.05 Å². The second-order valence-electron chi connectivity index (χ2n) is 11.8. The molecule has 0 aromatic heterocycles. The van der Waals surface area contributed by atoms with Crippen LogP contribution in [0.4, 0.5) is 0 Å². The fraction of sp³-hybridized carbons (Fsp3) is 0.690. The van der Waals surface area contributed by atoms with Gasteiger partial charge in [0.25, 0.3) is 0 Å². The number of carbonyl (C=O) groups excluding carboxylic acids is 3. The molecule has 4 rings (SSSR count). The molecular formula is C29H46N2O7. The lowest BCUT2D eigenvalue weighted by Gasteiger charge is -2.39. The molecule has 1 aromatic carbocycles. The molecule has 214 valence electrons. The molecule has 1 saturated heterocycles. The van der Waals surface area contributed by atoms with Crippen molar-refractivity contribution in [2.24, 2.45) is 16.7 Å². The minimum Gasteiger partial charge on any atom is -0.504 e. The zero-order valence-electron chi connectivity index (χ0n) is 23.6. The van der Waals surface area contributed by atoms with Gasteiger partial charge in [0.15, 0.2) is 11.5 Å².